The van der Waals surface area contributed by atoms with Crippen LogP contribution in [0.15, 0.2) is 28.8 Å². The number of carbonyl (C=O) groups excluding carboxylic acids is 1. The van der Waals surface area contributed by atoms with E-state index in [9.17, 15) is 4.79 Å². The topological polar surface area (TPSA) is 55.1 Å². The second-order valence-corrected chi connectivity index (χ2v) is 4.72. The molecular formula is C12H15BrN2O. The van der Waals surface area contributed by atoms with Crippen molar-refractivity contribution in [3.63, 3.8) is 0 Å². The minimum Gasteiger partial charge on any atom is -0.398 e. The van der Waals surface area contributed by atoms with Crippen molar-refractivity contribution < 1.29 is 4.79 Å². The zero-order valence-electron chi connectivity index (χ0n) is 9.43. The predicted octanol–water partition coefficient (Wildman–Crippen LogP) is 2.65. The molecule has 0 bridgehead atoms. The van der Waals surface area contributed by atoms with Gasteiger partial charge in [-0.1, -0.05) is 28.1 Å². The maximum atomic E-state index is 11.8. The molecule has 0 aromatic heterocycles. The smallest absolute Gasteiger partial charge is 0.251 e. The summed E-state index contributed by atoms with van der Waals surface area (Å²) in [7, 11) is 0. The van der Waals surface area contributed by atoms with E-state index in [1.54, 1.807) is 12.1 Å². The van der Waals surface area contributed by atoms with Crippen LogP contribution in [0.25, 0.3) is 0 Å². The van der Waals surface area contributed by atoms with Crippen LogP contribution in [0.1, 0.15) is 22.8 Å². The number of nitrogens with one attached hydrogen (secondary N) is 1. The molecule has 0 spiro atoms. The molecule has 0 radical (unpaired) electrons. The molecule has 0 fully saturated rings. The zero-order chi connectivity index (χ0) is 12.3. The van der Waals surface area contributed by atoms with Crippen LogP contribution in [0.5, 0.6) is 0 Å². The van der Waals surface area contributed by atoms with E-state index in [2.05, 4.69) is 27.8 Å². The molecule has 3 nitrogen and oxygen atoms in total. The van der Waals surface area contributed by atoms with Gasteiger partial charge in [0.1, 0.15) is 0 Å². The molecule has 0 atom stereocenters. The van der Waals surface area contributed by atoms with Crippen molar-refractivity contribution in [2.45, 2.75) is 13.8 Å². The van der Waals surface area contributed by atoms with Gasteiger partial charge in [-0.25, -0.2) is 0 Å². The SMILES string of the molecule is C=C(C)CNC(=O)c1cc(Br)cc(N)c1C. The highest BCUT2D eigenvalue weighted by molar-refractivity contribution is 9.10. The molecule has 0 aliphatic carbocycles. The highest BCUT2D eigenvalue weighted by atomic mass is 79.9. The third-order valence-corrected chi connectivity index (χ3v) is 2.67. The number of nitrogens with two attached hydrogens (primary N) is 1. The highest BCUT2D eigenvalue weighted by Gasteiger charge is 2.11. The van der Waals surface area contributed by atoms with Crippen LogP contribution in [0.2, 0.25) is 0 Å². The first-order chi connectivity index (χ1) is 7.41. The number of anilines is 1. The van der Waals surface area contributed by atoms with Crippen LogP contribution in [0.3, 0.4) is 0 Å². The largest absolute Gasteiger partial charge is 0.398 e. The maximum Gasteiger partial charge on any atom is 0.251 e. The Balaban J connectivity index is 2.95. The Morgan fingerprint density at radius 1 is 1.56 bits per heavy atom. The average Bonchev–Trinajstić information content (AvgIpc) is 2.19. The second kappa shape index (κ2) is 5.16. The molecule has 0 unspecified atom stereocenters. The Morgan fingerprint density at radius 2 is 2.19 bits per heavy atom. The minimum absolute atomic E-state index is 0.131. The van der Waals surface area contributed by atoms with Crippen LogP contribution in [0.4, 0.5) is 5.69 Å². The standard InChI is InChI=1S/C12H15BrN2O/c1-7(2)6-15-12(16)10-4-9(13)5-11(14)8(10)3/h4-5H,1,6,14H2,2-3H3,(H,15,16). The quantitative estimate of drug-likeness (QED) is 0.662. The number of carbonyl (C=O) groups is 1. The number of halogens is 1. The fraction of sp³-hybridized carbons (Fsp3) is 0.250. The van der Waals surface area contributed by atoms with E-state index in [1.165, 1.54) is 0 Å². The van der Waals surface area contributed by atoms with Crippen molar-refractivity contribution >= 4 is 27.5 Å². The van der Waals surface area contributed by atoms with E-state index in [0.717, 1.165) is 15.6 Å². The van der Waals surface area contributed by atoms with Gasteiger partial charge in [0, 0.05) is 22.3 Å². The molecule has 1 aromatic rings. The molecule has 3 N–H and O–H groups in total. The summed E-state index contributed by atoms with van der Waals surface area (Å²) in [6.45, 7) is 7.90. The Kier molecular flexibility index (Phi) is 4.12. The molecule has 86 valence electrons. The van der Waals surface area contributed by atoms with Crippen molar-refractivity contribution in [1.82, 2.24) is 5.32 Å². The van der Waals surface area contributed by atoms with E-state index < -0.39 is 0 Å². The van der Waals surface area contributed by atoms with E-state index in [1.807, 2.05) is 13.8 Å². The Hall–Kier alpha value is -1.29. The lowest BCUT2D eigenvalue weighted by atomic mass is 10.1. The number of amides is 1. The molecule has 0 saturated carbocycles. The first kappa shape index (κ1) is 12.8. The number of hydrogen-bond acceptors (Lipinski definition) is 2. The third kappa shape index (κ3) is 3.10. The average molecular weight is 283 g/mol. The van der Waals surface area contributed by atoms with E-state index >= 15 is 0 Å². The van der Waals surface area contributed by atoms with Crippen LogP contribution in [-0.2, 0) is 0 Å². The molecule has 16 heavy (non-hydrogen) atoms. The Labute approximate surface area is 104 Å². The predicted molar refractivity (Wildman–Crippen MR) is 70.4 cm³/mol. The number of benzene rings is 1. The van der Waals surface area contributed by atoms with Gasteiger partial charge in [-0.3, -0.25) is 4.79 Å². The summed E-state index contributed by atoms with van der Waals surface area (Å²) < 4.78 is 0.802. The van der Waals surface area contributed by atoms with Crippen LogP contribution in [-0.4, -0.2) is 12.5 Å². The van der Waals surface area contributed by atoms with Gasteiger partial charge in [-0.05, 0) is 31.5 Å². The van der Waals surface area contributed by atoms with Gasteiger partial charge in [-0.15, -0.1) is 0 Å². The van der Waals surface area contributed by atoms with Gasteiger partial charge < -0.3 is 11.1 Å². The first-order valence-corrected chi connectivity index (χ1v) is 5.69. The lowest BCUT2D eigenvalue weighted by Gasteiger charge is -2.10. The summed E-state index contributed by atoms with van der Waals surface area (Å²) in [5.74, 6) is -0.131. The van der Waals surface area contributed by atoms with E-state index in [0.29, 0.717) is 17.8 Å². The Bertz CT molecular complexity index is 441. The summed E-state index contributed by atoms with van der Waals surface area (Å²) in [6.07, 6.45) is 0. The molecule has 0 saturated heterocycles. The second-order valence-electron chi connectivity index (χ2n) is 3.81. The van der Waals surface area contributed by atoms with Crippen molar-refractivity contribution in [2.75, 3.05) is 12.3 Å². The Morgan fingerprint density at radius 3 is 2.75 bits per heavy atom. The summed E-state index contributed by atoms with van der Waals surface area (Å²) in [5, 5.41) is 2.78. The summed E-state index contributed by atoms with van der Waals surface area (Å²) in [6, 6.07) is 3.55. The summed E-state index contributed by atoms with van der Waals surface area (Å²) in [4.78, 5) is 11.8. The molecule has 0 aliphatic rings. The summed E-state index contributed by atoms with van der Waals surface area (Å²) >= 11 is 3.32. The van der Waals surface area contributed by atoms with Crippen LogP contribution >= 0.6 is 15.9 Å². The highest BCUT2D eigenvalue weighted by Crippen LogP contribution is 2.22. The van der Waals surface area contributed by atoms with Crippen molar-refractivity contribution in [3.05, 3.63) is 39.9 Å². The van der Waals surface area contributed by atoms with Gasteiger partial charge in [0.2, 0.25) is 0 Å². The fourth-order valence-corrected chi connectivity index (χ4v) is 1.74. The number of nitrogen functional groups attached to an aromatic ring is 1. The van der Waals surface area contributed by atoms with E-state index in [4.69, 9.17) is 5.73 Å². The van der Waals surface area contributed by atoms with E-state index in [-0.39, 0.29) is 5.91 Å². The normalized spacial score (nSPS) is 9.94. The van der Waals surface area contributed by atoms with Gasteiger partial charge in [0.05, 0.1) is 0 Å². The lowest BCUT2D eigenvalue weighted by molar-refractivity contribution is 0.0956. The van der Waals surface area contributed by atoms with Crippen LogP contribution in [0, 0.1) is 6.92 Å². The molecule has 1 aromatic carbocycles. The van der Waals surface area contributed by atoms with Gasteiger partial charge in [0.15, 0.2) is 0 Å². The molecule has 1 rings (SSSR count). The maximum absolute atomic E-state index is 11.8. The molecule has 4 heteroatoms. The van der Waals surface area contributed by atoms with Crippen molar-refractivity contribution in [2.24, 2.45) is 0 Å². The zero-order valence-corrected chi connectivity index (χ0v) is 11.0. The first-order valence-electron chi connectivity index (χ1n) is 4.90. The fourth-order valence-electron chi connectivity index (χ4n) is 1.26. The summed E-state index contributed by atoms with van der Waals surface area (Å²) in [5.41, 5.74) is 8.69. The third-order valence-electron chi connectivity index (χ3n) is 2.21. The van der Waals surface area contributed by atoms with Gasteiger partial charge in [0.25, 0.3) is 5.91 Å². The molecule has 0 heterocycles. The van der Waals surface area contributed by atoms with Gasteiger partial charge >= 0.3 is 0 Å². The minimum atomic E-state index is -0.131. The van der Waals surface area contributed by atoms with Crippen molar-refractivity contribution in [1.29, 1.82) is 0 Å². The molecule has 1 amide bonds. The molecule has 0 aliphatic heterocycles. The number of hydrogen-bond donors (Lipinski definition) is 2. The lowest BCUT2D eigenvalue weighted by Crippen LogP contribution is -2.25. The number of rotatable bonds is 3. The monoisotopic (exact) mass is 282 g/mol. The molecular weight excluding hydrogens is 268 g/mol. The van der Waals surface area contributed by atoms with Crippen molar-refractivity contribution in [3.8, 4) is 0 Å². The van der Waals surface area contributed by atoms with Crippen LogP contribution < -0.4 is 11.1 Å². The van der Waals surface area contributed by atoms with Gasteiger partial charge in [-0.2, -0.15) is 0 Å².